The number of nitrogens with zero attached hydrogens (tertiary/aromatic N) is 3. The summed E-state index contributed by atoms with van der Waals surface area (Å²) < 4.78 is 39.0. The highest BCUT2D eigenvalue weighted by molar-refractivity contribution is 5.86. The number of hydrogen-bond donors (Lipinski definition) is 1. The van der Waals surface area contributed by atoms with Crippen molar-refractivity contribution in [2.75, 3.05) is 0 Å². The fourth-order valence-electron chi connectivity index (χ4n) is 1.57. The summed E-state index contributed by atoms with van der Waals surface area (Å²) in [7, 11) is 0. The van der Waals surface area contributed by atoms with Crippen LogP contribution in [0, 0.1) is 0 Å². The number of carboxylic acids is 1. The van der Waals surface area contributed by atoms with Gasteiger partial charge in [-0.05, 0) is 6.42 Å². The molecular formula is C10H8F3N3O2. The second kappa shape index (κ2) is 3.97. The highest BCUT2D eigenvalue weighted by Gasteiger charge is 2.36. The Morgan fingerprint density at radius 3 is 2.67 bits per heavy atom. The minimum absolute atomic E-state index is 0.0790. The van der Waals surface area contributed by atoms with Crippen molar-refractivity contribution in [1.29, 1.82) is 0 Å². The van der Waals surface area contributed by atoms with Crippen LogP contribution in [0.4, 0.5) is 13.2 Å². The molecule has 96 valence electrons. The molecule has 1 N–H and O–H groups in total. The van der Waals surface area contributed by atoms with Crippen molar-refractivity contribution in [2.45, 2.75) is 19.5 Å². The molecule has 8 heteroatoms. The number of fused-ring (bicyclic) bond motifs is 1. The summed E-state index contributed by atoms with van der Waals surface area (Å²) in [4.78, 5) is 14.5. The SMILES string of the molecule is CCc1cnn2c(C(F)(F)F)cc(C(=O)O)nc12. The molecule has 0 atom stereocenters. The van der Waals surface area contributed by atoms with Crippen LogP contribution in [0.3, 0.4) is 0 Å². The number of aromatic nitrogens is 3. The van der Waals surface area contributed by atoms with Crippen LogP contribution in [-0.2, 0) is 12.6 Å². The highest BCUT2D eigenvalue weighted by Crippen LogP contribution is 2.30. The van der Waals surface area contributed by atoms with Gasteiger partial charge in [-0.2, -0.15) is 18.3 Å². The Kier molecular flexibility index (Phi) is 2.72. The maximum atomic E-state index is 12.8. The number of alkyl halides is 3. The zero-order chi connectivity index (χ0) is 13.5. The molecule has 0 unspecified atom stereocenters. The molecule has 0 bridgehead atoms. The first-order valence-corrected chi connectivity index (χ1v) is 5.02. The molecular weight excluding hydrogens is 251 g/mol. The lowest BCUT2D eigenvalue weighted by Crippen LogP contribution is -2.16. The van der Waals surface area contributed by atoms with E-state index in [2.05, 4.69) is 10.1 Å². The maximum absolute atomic E-state index is 12.8. The molecule has 0 aromatic carbocycles. The summed E-state index contributed by atoms with van der Waals surface area (Å²) >= 11 is 0. The smallest absolute Gasteiger partial charge is 0.433 e. The van der Waals surface area contributed by atoms with Crippen LogP contribution in [0.2, 0.25) is 0 Å². The Morgan fingerprint density at radius 2 is 2.17 bits per heavy atom. The predicted octanol–water partition coefficient (Wildman–Crippen LogP) is 2.01. The largest absolute Gasteiger partial charge is 0.477 e. The van der Waals surface area contributed by atoms with Crippen molar-refractivity contribution in [3.05, 3.63) is 29.2 Å². The minimum atomic E-state index is -4.69. The van der Waals surface area contributed by atoms with Crippen molar-refractivity contribution in [3.8, 4) is 0 Å². The number of hydrogen-bond acceptors (Lipinski definition) is 3. The van der Waals surface area contributed by atoms with Gasteiger partial charge in [0.15, 0.2) is 17.0 Å². The molecule has 0 saturated heterocycles. The summed E-state index contributed by atoms with van der Waals surface area (Å²) in [6.45, 7) is 1.72. The summed E-state index contributed by atoms with van der Waals surface area (Å²) in [5.41, 5.74) is -1.41. The van der Waals surface area contributed by atoms with E-state index in [4.69, 9.17) is 5.11 Å². The van der Waals surface area contributed by atoms with Gasteiger partial charge in [-0.1, -0.05) is 6.92 Å². The highest BCUT2D eigenvalue weighted by atomic mass is 19.4. The normalized spacial score (nSPS) is 12.0. The molecule has 0 spiro atoms. The Balaban J connectivity index is 2.83. The van der Waals surface area contributed by atoms with Gasteiger partial charge in [0.2, 0.25) is 0 Å². The molecule has 2 rings (SSSR count). The number of aryl methyl sites for hydroxylation is 1. The van der Waals surface area contributed by atoms with E-state index in [0.717, 1.165) is 0 Å². The van der Waals surface area contributed by atoms with Crippen molar-refractivity contribution in [1.82, 2.24) is 14.6 Å². The number of rotatable bonds is 2. The van der Waals surface area contributed by atoms with Crippen molar-refractivity contribution in [3.63, 3.8) is 0 Å². The first kappa shape index (κ1) is 12.3. The molecule has 2 aromatic heterocycles. The third-order valence-electron chi connectivity index (χ3n) is 2.44. The Hall–Kier alpha value is -2.12. The van der Waals surface area contributed by atoms with Gasteiger partial charge in [0.05, 0.1) is 6.20 Å². The van der Waals surface area contributed by atoms with Gasteiger partial charge in [0.1, 0.15) is 0 Å². The van der Waals surface area contributed by atoms with Crippen LogP contribution in [-0.4, -0.2) is 25.7 Å². The van der Waals surface area contributed by atoms with Gasteiger partial charge < -0.3 is 5.11 Å². The molecule has 0 aliphatic heterocycles. The molecule has 0 aliphatic rings. The molecule has 2 heterocycles. The number of carbonyl (C=O) groups is 1. The molecule has 0 radical (unpaired) electrons. The molecule has 0 amide bonds. The molecule has 5 nitrogen and oxygen atoms in total. The van der Waals surface area contributed by atoms with Crippen LogP contribution in [0.5, 0.6) is 0 Å². The quantitative estimate of drug-likeness (QED) is 0.895. The van der Waals surface area contributed by atoms with Crippen molar-refractivity contribution >= 4 is 11.6 Å². The average molecular weight is 259 g/mol. The lowest BCUT2D eigenvalue weighted by atomic mass is 10.2. The first-order valence-electron chi connectivity index (χ1n) is 5.02. The van der Waals surface area contributed by atoms with Crippen LogP contribution < -0.4 is 0 Å². The summed E-state index contributed by atoms with van der Waals surface area (Å²) in [5, 5.41) is 12.4. The molecule has 18 heavy (non-hydrogen) atoms. The van der Waals surface area contributed by atoms with Crippen LogP contribution >= 0.6 is 0 Å². The van der Waals surface area contributed by atoms with E-state index in [1.807, 2.05) is 0 Å². The standard InChI is InChI=1S/C10H8F3N3O2/c1-2-5-4-14-16-7(10(11,12)13)3-6(9(17)18)15-8(5)16/h3-4H,2H2,1H3,(H,17,18). The van der Waals surface area contributed by atoms with E-state index in [1.165, 1.54) is 6.20 Å². The average Bonchev–Trinajstić information content (AvgIpc) is 2.68. The number of carboxylic acid groups (broad SMARTS) is 1. The van der Waals surface area contributed by atoms with E-state index in [1.54, 1.807) is 6.92 Å². The second-order valence-corrected chi connectivity index (χ2v) is 3.59. The monoisotopic (exact) mass is 259 g/mol. The molecule has 0 fully saturated rings. The predicted molar refractivity (Wildman–Crippen MR) is 54.3 cm³/mol. The van der Waals surface area contributed by atoms with Crippen LogP contribution in [0.1, 0.15) is 28.7 Å². The van der Waals surface area contributed by atoms with E-state index in [9.17, 15) is 18.0 Å². The Labute approximate surface area is 98.9 Å². The van der Waals surface area contributed by atoms with Crippen molar-refractivity contribution in [2.24, 2.45) is 0 Å². The van der Waals surface area contributed by atoms with Gasteiger partial charge in [-0.25, -0.2) is 14.3 Å². The summed E-state index contributed by atoms with van der Waals surface area (Å²) in [5.74, 6) is -1.51. The van der Waals surface area contributed by atoms with Gasteiger partial charge in [0, 0.05) is 11.6 Å². The zero-order valence-electron chi connectivity index (χ0n) is 9.19. The zero-order valence-corrected chi connectivity index (χ0v) is 9.19. The minimum Gasteiger partial charge on any atom is -0.477 e. The fourth-order valence-corrected chi connectivity index (χ4v) is 1.57. The Morgan fingerprint density at radius 1 is 1.50 bits per heavy atom. The lowest BCUT2D eigenvalue weighted by molar-refractivity contribution is -0.142. The number of aromatic carboxylic acids is 1. The molecule has 2 aromatic rings. The van der Waals surface area contributed by atoms with Crippen LogP contribution in [0.15, 0.2) is 12.3 Å². The Bertz CT molecular complexity index is 619. The van der Waals surface area contributed by atoms with E-state index >= 15 is 0 Å². The van der Waals surface area contributed by atoms with E-state index in [0.29, 0.717) is 22.6 Å². The van der Waals surface area contributed by atoms with Gasteiger partial charge in [-0.15, -0.1) is 0 Å². The first-order chi connectivity index (χ1) is 8.34. The molecule has 0 saturated carbocycles. The summed E-state index contributed by atoms with van der Waals surface area (Å²) in [6.07, 6.45) is -3.03. The lowest BCUT2D eigenvalue weighted by Gasteiger charge is -2.09. The maximum Gasteiger partial charge on any atom is 0.433 e. The van der Waals surface area contributed by atoms with Crippen LogP contribution in [0.25, 0.3) is 5.65 Å². The topological polar surface area (TPSA) is 67.5 Å². The van der Waals surface area contributed by atoms with Gasteiger partial charge >= 0.3 is 12.1 Å². The van der Waals surface area contributed by atoms with Gasteiger partial charge in [0.25, 0.3) is 0 Å². The second-order valence-electron chi connectivity index (χ2n) is 3.59. The van der Waals surface area contributed by atoms with Gasteiger partial charge in [-0.3, -0.25) is 0 Å². The number of halogens is 3. The molecule has 0 aliphatic carbocycles. The summed E-state index contributed by atoms with van der Waals surface area (Å²) in [6, 6.07) is 0.474. The third kappa shape index (κ3) is 1.89. The third-order valence-corrected chi connectivity index (χ3v) is 2.44. The van der Waals surface area contributed by atoms with E-state index in [-0.39, 0.29) is 5.65 Å². The fraction of sp³-hybridized carbons (Fsp3) is 0.300. The van der Waals surface area contributed by atoms with E-state index < -0.39 is 23.5 Å². The van der Waals surface area contributed by atoms with Crippen molar-refractivity contribution < 1.29 is 23.1 Å².